The van der Waals surface area contributed by atoms with E-state index in [-0.39, 0.29) is 6.61 Å². The van der Waals surface area contributed by atoms with Crippen LogP contribution < -0.4 is 0 Å². The maximum absolute atomic E-state index is 9.10. The minimum Gasteiger partial charge on any atom is -0.391 e. The summed E-state index contributed by atoms with van der Waals surface area (Å²) < 4.78 is 1.70. The zero-order chi connectivity index (χ0) is 12.4. The number of thiazole rings is 1. The first-order chi connectivity index (χ1) is 8.19. The highest BCUT2D eigenvalue weighted by Gasteiger charge is 2.15. The third-order valence-electron chi connectivity index (χ3n) is 2.31. The van der Waals surface area contributed by atoms with Crippen molar-refractivity contribution in [2.75, 3.05) is 0 Å². The summed E-state index contributed by atoms with van der Waals surface area (Å²) in [6.45, 7) is 3.92. The van der Waals surface area contributed by atoms with Crippen LogP contribution in [0.15, 0.2) is 0 Å². The van der Waals surface area contributed by atoms with Crippen LogP contribution in [0.25, 0.3) is 5.13 Å². The molecule has 0 aliphatic rings. The van der Waals surface area contributed by atoms with Gasteiger partial charge in [0.25, 0.3) is 0 Å². The van der Waals surface area contributed by atoms with E-state index in [9.17, 15) is 0 Å². The molecule has 0 aromatic carbocycles. The number of hydrogen-bond acceptors (Lipinski definition) is 5. The summed E-state index contributed by atoms with van der Waals surface area (Å²) in [5, 5.41) is 14.5. The van der Waals surface area contributed by atoms with Crippen molar-refractivity contribution in [3.8, 4) is 5.13 Å². The first kappa shape index (κ1) is 12.5. The van der Waals surface area contributed by atoms with Gasteiger partial charge in [0.15, 0.2) is 5.82 Å². The lowest BCUT2D eigenvalue weighted by Gasteiger charge is -1.97. The van der Waals surface area contributed by atoms with Crippen molar-refractivity contribution in [2.24, 2.45) is 0 Å². The van der Waals surface area contributed by atoms with E-state index in [1.54, 1.807) is 4.68 Å². The fourth-order valence-electron chi connectivity index (χ4n) is 1.43. The highest BCUT2D eigenvalue weighted by molar-refractivity contribution is 7.14. The average molecular weight is 273 g/mol. The molecule has 0 saturated heterocycles. The Morgan fingerprint density at radius 1 is 1.29 bits per heavy atom. The average Bonchev–Trinajstić information content (AvgIpc) is 2.91. The molecule has 0 unspecified atom stereocenters. The van der Waals surface area contributed by atoms with Gasteiger partial charge in [-0.3, -0.25) is 0 Å². The van der Waals surface area contributed by atoms with E-state index in [4.69, 9.17) is 16.7 Å². The van der Waals surface area contributed by atoms with E-state index in [0.717, 1.165) is 24.5 Å². The van der Waals surface area contributed by atoms with Crippen LogP contribution in [0, 0.1) is 0 Å². The molecule has 5 nitrogen and oxygen atoms in total. The summed E-state index contributed by atoms with van der Waals surface area (Å²) in [5.74, 6) is 1.65. The van der Waals surface area contributed by atoms with Gasteiger partial charge in [0.1, 0.15) is 11.0 Å². The van der Waals surface area contributed by atoms with Crippen molar-refractivity contribution in [3.63, 3.8) is 0 Å². The van der Waals surface area contributed by atoms with Crippen molar-refractivity contribution in [1.82, 2.24) is 19.7 Å². The predicted octanol–water partition coefficient (Wildman–Crippen LogP) is 1.99. The van der Waals surface area contributed by atoms with Gasteiger partial charge >= 0.3 is 0 Å². The zero-order valence-corrected chi connectivity index (χ0v) is 11.2. The van der Waals surface area contributed by atoms with Gasteiger partial charge in [-0.15, -0.1) is 5.10 Å². The lowest BCUT2D eigenvalue weighted by molar-refractivity contribution is 0.285. The summed E-state index contributed by atoms with van der Waals surface area (Å²) >= 11 is 7.24. The van der Waals surface area contributed by atoms with Crippen molar-refractivity contribution in [3.05, 3.63) is 21.7 Å². The SMILES string of the molecule is CCc1nc(CC)n(-c2nc(Cl)c(CO)s2)n1. The van der Waals surface area contributed by atoms with E-state index >= 15 is 0 Å². The normalized spacial score (nSPS) is 11.1. The minimum atomic E-state index is -0.104. The van der Waals surface area contributed by atoms with E-state index < -0.39 is 0 Å². The van der Waals surface area contributed by atoms with Gasteiger partial charge in [0.2, 0.25) is 5.13 Å². The Morgan fingerprint density at radius 2 is 2.06 bits per heavy atom. The van der Waals surface area contributed by atoms with Crippen LogP contribution in [0.2, 0.25) is 5.15 Å². The molecule has 0 amide bonds. The van der Waals surface area contributed by atoms with Crippen LogP contribution in [-0.4, -0.2) is 24.9 Å². The smallest absolute Gasteiger partial charge is 0.213 e. The van der Waals surface area contributed by atoms with Crippen LogP contribution >= 0.6 is 22.9 Å². The number of aromatic nitrogens is 4. The van der Waals surface area contributed by atoms with Crippen LogP contribution in [0.5, 0.6) is 0 Å². The largest absolute Gasteiger partial charge is 0.391 e. The topological polar surface area (TPSA) is 63.8 Å². The molecular weight excluding hydrogens is 260 g/mol. The quantitative estimate of drug-likeness (QED) is 0.925. The molecule has 0 spiro atoms. The molecule has 0 bridgehead atoms. The van der Waals surface area contributed by atoms with E-state index in [1.165, 1.54) is 11.3 Å². The van der Waals surface area contributed by atoms with Gasteiger partial charge < -0.3 is 5.11 Å². The molecule has 17 heavy (non-hydrogen) atoms. The maximum Gasteiger partial charge on any atom is 0.213 e. The number of rotatable bonds is 4. The molecule has 1 N–H and O–H groups in total. The number of aliphatic hydroxyl groups excluding tert-OH is 1. The van der Waals surface area contributed by atoms with Gasteiger partial charge in [-0.1, -0.05) is 36.8 Å². The highest BCUT2D eigenvalue weighted by atomic mass is 35.5. The molecule has 2 aromatic heterocycles. The first-order valence-electron chi connectivity index (χ1n) is 5.40. The van der Waals surface area contributed by atoms with Crippen LogP contribution in [0.1, 0.15) is 30.4 Å². The number of halogens is 1. The molecule has 0 fully saturated rings. The Balaban J connectivity index is 2.47. The minimum absolute atomic E-state index is 0.104. The lowest BCUT2D eigenvalue weighted by atomic mass is 10.4. The Kier molecular flexibility index (Phi) is 3.76. The van der Waals surface area contributed by atoms with Gasteiger partial charge in [0.05, 0.1) is 11.5 Å². The van der Waals surface area contributed by atoms with Crippen molar-refractivity contribution in [2.45, 2.75) is 33.3 Å². The van der Waals surface area contributed by atoms with Crippen molar-refractivity contribution < 1.29 is 5.11 Å². The molecule has 2 aromatic rings. The molecule has 0 aliphatic carbocycles. The zero-order valence-electron chi connectivity index (χ0n) is 9.64. The second kappa shape index (κ2) is 5.12. The number of aliphatic hydroxyl groups is 1. The number of hydrogen-bond donors (Lipinski definition) is 1. The fraction of sp³-hybridized carbons (Fsp3) is 0.500. The summed E-state index contributed by atoms with van der Waals surface area (Å²) in [7, 11) is 0. The van der Waals surface area contributed by atoms with Gasteiger partial charge in [0, 0.05) is 12.8 Å². The van der Waals surface area contributed by atoms with Crippen LogP contribution in [0.4, 0.5) is 0 Å². The highest BCUT2D eigenvalue weighted by Crippen LogP contribution is 2.26. The molecule has 0 aliphatic heterocycles. The third-order valence-corrected chi connectivity index (χ3v) is 3.75. The molecule has 0 radical (unpaired) electrons. The lowest BCUT2D eigenvalue weighted by Crippen LogP contribution is -2.01. The molecule has 2 heterocycles. The van der Waals surface area contributed by atoms with Gasteiger partial charge in [-0.25, -0.2) is 9.97 Å². The molecule has 0 saturated carbocycles. The van der Waals surface area contributed by atoms with E-state index in [1.807, 2.05) is 13.8 Å². The van der Waals surface area contributed by atoms with Crippen molar-refractivity contribution in [1.29, 1.82) is 0 Å². The molecular formula is C10H13ClN4OS. The summed E-state index contributed by atoms with van der Waals surface area (Å²) in [4.78, 5) is 9.24. The molecule has 92 valence electrons. The standard InChI is InChI=1S/C10H13ClN4OS/c1-3-7-12-8(4-2)15(14-7)10-13-9(11)6(5-16)17-10/h16H,3-5H2,1-2H3. The van der Waals surface area contributed by atoms with Gasteiger partial charge in [-0.2, -0.15) is 4.68 Å². The molecule has 7 heteroatoms. The molecule has 0 atom stereocenters. The van der Waals surface area contributed by atoms with E-state index in [2.05, 4.69) is 15.1 Å². The Bertz CT molecular complexity index is 522. The summed E-state index contributed by atoms with van der Waals surface area (Å²) in [6, 6.07) is 0. The third kappa shape index (κ3) is 2.34. The Hall–Kier alpha value is -0.980. The van der Waals surface area contributed by atoms with Gasteiger partial charge in [-0.05, 0) is 0 Å². The monoisotopic (exact) mass is 272 g/mol. The maximum atomic E-state index is 9.10. The van der Waals surface area contributed by atoms with Crippen LogP contribution in [0.3, 0.4) is 0 Å². The summed E-state index contributed by atoms with van der Waals surface area (Å²) in [6.07, 6.45) is 1.56. The van der Waals surface area contributed by atoms with E-state index in [0.29, 0.717) is 15.2 Å². The number of nitrogens with zero attached hydrogens (tertiary/aromatic N) is 4. The van der Waals surface area contributed by atoms with Crippen molar-refractivity contribution >= 4 is 22.9 Å². The first-order valence-corrected chi connectivity index (χ1v) is 6.60. The number of aryl methyl sites for hydroxylation is 2. The van der Waals surface area contributed by atoms with Crippen LogP contribution in [-0.2, 0) is 19.4 Å². The molecule has 2 rings (SSSR count). The summed E-state index contributed by atoms with van der Waals surface area (Å²) in [5.41, 5.74) is 0. The predicted molar refractivity (Wildman–Crippen MR) is 66.7 cm³/mol. The second-order valence-corrected chi connectivity index (χ2v) is 4.85. The second-order valence-electron chi connectivity index (χ2n) is 3.43. The Morgan fingerprint density at radius 3 is 2.59 bits per heavy atom. The Labute approximate surface area is 108 Å². The fourth-order valence-corrected chi connectivity index (χ4v) is 2.52.